The zero-order valence-electron chi connectivity index (χ0n) is 22.4. The SMILES string of the molecule is CC(C)CC(C(=O)Nc1ccc(F)cc1)N1C(=O)c2ccccc2C1c1c(-c2ccccc2)[nH]c2ccccc12. The van der Waals surface area contributed by atoms with Crippen molar-refractivity contribution in [3.05, 3.63) is 126 Å². The van der Waals surface area contributed by atoms with Crippen molar-refractivity contribution >= 4 is 28.4 Å². The molecule has 4 aromatic carbocycles. The number of fused-ring (bicyclic) bond motifs is 2. The van der Waals surface area contributed by atoms with E-state index >= 15 is 0 Å². The van der Waals surface area contributed by atoms with Gasteiger partial charge in [-0.2, -0.15) is 0 Å². The second-order valence-corrected chi connectivity index (χ2v) is 10.7. The number of carbonyl (C=O) groups is 2. The molecule has 6 heteroatoms. The van der Waals surface area contributed by atoms with Crippen molar-refractivity contribution in [1.82, 2.24) is 9.88 Å². The van der Waals surface area contributed by atoms with E-state index in [2.05, 4.69) is 16.4 Å². The van der Waals surface area contributed by atoms with E-state index in [0.717, 1.165) is 33.3 Å². The Morgan fingerprint density at radius 2 is 1.57 bits per heavy atom. The summed E-state index contributed by atoms with van der Waals surface area (Å²) in [4.78, 5) is 33.5. The molecule has 5 nitrogen and oxygen atoms in total. The molecule has 0 saturated carbocycles. The molecule has 0 bridgehead atoms. The standard InChI is InChI=1S/C34H30FN3O2/c1-21(2)20-29(33(39)36-24-18-16-23(35)17-19-24)38-32(25-12-6-7-13-26(25)34(38)40)30-27-14-8-9-15-28(27)37-31(30)22-10-4-3-5-11-22/h3-19,21,29,32,37H,20H2,1-2H3,(H,36,39). The van der Waals surface area contributed by atoms with Gasteiger partial charge in [0, 0.05) is 27.7 Å². The zero-order chi connectivity index (χ0) is 27.8. The summed E-state index contributed by atoms with van der Waals surface area (Å²) in [6, 6.07) is 30.2. The fourth-order valence-corrected chi connectivity index (χ4v) is 5.78. The quantitative estimate of drug-likeness (QED) is 0.227. The maximum absolute atomic E-state index is 14.2. The lowest BCUT2D eigenvalue weighted by Gasteiger charge is -2.34. The number of anilines is 1. The highest BCUT2D eigenvalue weighted by atomic mass is 19.1. The topological polar surface area (TPSA) is 65.2 Å². The maximum Gasteiger partial charge on any atom is 0.255 e. The summed E-state index contributed by atoms with van der Waals surface area (Å²) in [5.74, 6) is -0.718. The van der Waals surface area contributed by atoms with Crippen molar-refractivity contribution in [2.24, 2.45) is 5.92 Å². The first-order valence-electron chi connectivity index (χ1n) is 13.6. The molecule has 2 amide bonds. The van der Waals surface area contributed by atoms with Crippen LogP contribution in [0.5, 0.6) is 0 Å². The first-order chi connectivity index (χ1) is 19.4. The van der Waals surface area contributed by atoms with Crippen molar-refractivity contribution < 1.29 is 14.0 Å². The first-order valence-corrected chi connectivity index (χ1v) is 13.6. The summed E-state index contributed by atoms with van der Waals surface area (Å²) in [6.07, 6.45) is 0.465. The molecule has 5 aromatic rings. The number of nitrogens with one attached hydrogen (secondary N) is 2. The molecule has 1 aliphatic rings. The minimum Gasteiger partial charge on any atom is -0.354 e. The van der Waals surface area contributed by atoms with Crippen molar-refractivity contribution in [3.8, 4) is 11.3 Å². The number of amides is 2. The largest absolute Gasteiger partial charge is 0.354 e. The molecule has 6 rings (SSSR count). The van der Waals surface area contributed by atoms with E-state index in [9.17, 15) is 14.0 Å². The van der Waals surface area contributed by atoms with Gasteiger partial charge in [-0.1, -0.05) is 80.6 Å². The van der Waals surface area contributed by atoms with E-state index in [0.29, 0.717) is 17.7 Å². The number of aromatic amines is 1. The van der Waals surface area contributed by atoms with Gasteiger partial charge >= 0.3 is 0 Å². The molecule has 1 aromatic heterocycles. The molecule has 2 N–H and O–H groups in total. The van der Waals surface area contributed by atoms with Gasteiger partial charge in [-0.3, -0.25) is 9.59 Å². The summed E-state index contributed by atoms with van der Waals surface area (Å²) in [7, 11) is 0. The Hall–Kier alpha value is -4.71. The minimum atomic E-state index is -0.757. The van der Waals surface area contributed by atoms with Crippen LogP contribution in [-0.4, -0.2) is 27.7 Å². The lowest BCUT2D eigenvalue weighted by molar-refractivity contribution is -0.121. The average molecular weight is 532 g/mol. The van der Waals surface area contributed by atoms with Crippen LogP contribution in [0.15, 0.2) is 103 Å². The van der Waals surface area contributed by atoms with Gasteiger partial charge in [0.2, 0.25) is 5.91 Å². The highest BCUT2D eigenvalue weighted by Crippen LogP contribution is 2.47. The predicted octanol–water partition coefficient (Wildman–Crippen LogP) is 7.57. The number of rotatable bonds is 7. The van der Waals surface area contributed by atoms with Crippen LogP contribution >= 0.6 is 0 Å². The van der Waals surface area contributed by atoms with Crippen LogP contribution in [0.1, 0.15) is 47.8 Å². The predicted molar refractivity (Wildman–Crippen MR) is 156 cm³/mol. The van der Waals surface area contributed by atoms with Gasteiger partial charge in [0.05, 0.1) is 11.7 Å². The third-order valence-corrected chi connectivity index (χ3v) is 7.53. The highest BCUT2D eigenvalue weighted by molar-refractivity contribution is 6.06. The van der Waals surface area contributed by atoms with Gasteiger partial charge in [0.25, 0.3) is 5.91 Å². The lowest BCUT2D eigenvalue weighted by Crippen LogP contribution is -2.47. The summed E-state index contributed by atoms with van der Waals surface area (Å²) in [5.41, 5.74) is 5.80. The number of benzene rings is 4. The van der Waals surface area contributed by atoms with Crippen molar-refractivity contribution in [3.63, 3.8) is 0 Å². The normalized spacial score (nSPS) is 15.4. The minimum absolute atomic E-state index is 0.137. The van der Waals surface area contributed by atoms with E-state index in [-0.39, 0.29) is 23.5 Å². The van der Waals surface area contributed by atoms with E-state index in [1.165, 1.54) is 24.3 Å². The van der Waals surface area contributed by atoms with Crippen LogP contribution in [-0.2, 0) is 4.79 Å². The Bertz CT molecular complexity index is 1690. The molecular weight excluding hydrogens is 501 g/mol. The van der Waals surface area contributed by atoms with Crippen molar-refractivity contribution in [2.75, 3.05) is 5.32 Å². The van der Waals surface area contributed by atoms with Crippen molar-refractivity contribution in [2.45, 2.75) is 32.4 Å². The lowest BCUT2D eigenvalue weighted by atomic mass is 9.91. The summed E-state index contributed by atoms with van der Waals surface area (Å²) < 4.78 is 13.5. The molecule has 40 heavy (non-hydrogen) atoms. The number of aromatic nitrogens is 1. The summed E-state index contributed by atoms with van der Waals surface area (Å²) in [5, 5.41) is 3.94. The molecule has 2 unspecified atom stereocenters. The Kier molecular flexibility index (Phi) is 6.68. The van der Waals surface area contributed by atoms with Crippen LogP contribution in [0.2, 0.25) is 0 Å². The summed E-state index contributed by atoms with van der Waals surface area (Å²) in [6.45, 7) is 4.09. The number of nitrogens with zero attached hydrogens (tertiary/aromatic N) is 1. The van der Waals surface area contributed by atoms with E-state index < -0.39 is 12.1 Å². The molecule has 0 aliphatic carbocycles. The molecule has 0 saturated heterocycles. The zero-order valence-corrected chi connectivity index (χ0v) is 22.4. The van der Waals surface area contributed by atoms with E-state index in [1.54, 1.807) is 4.90 Å². The number of para-hydroxylation sites is 1. The van der Waals surface area contributed by atoms with Gasteiger partial charge in [-0.05, 0) is 59.9 Å². The molecule has 200 valence electrons. The van der Waals surface area contributed by atoms with E-state index in [1.807, 2.05) is 86.6 Å². The number of carbonyl (C=O) groups excluding carboxylic acids is 2. The number of hydrogen-bond donors (Lipinski definition) is 2. The van der Waals surface area contributed by atoms with Crippen molar-refractivity contribution in [1.29, 1.82) is 0 Å². The highest BCUT2D eigenvalue weighted by Gasteiger charge is 2.45. The smallest absolute Gasteiger partial charge is 0.255 e. The number of hydrogen-bond acceptors (Lipinski definition) is 2. The van der Waals surface area contributed by atoms with Gasteiger partial charge in [-0.15, -0.1) is 0 Å². The maximum atomic E-state index is 14.2. The molecular formula is C34H30FN3O2. The van der Waals surface area contributed by atoms with Crippen LogP contribution in [0, 0.1) is 11.7 Å². The van der Waals surface area contributed by atoms with Crippen LogP contribution in [0.3, 0.4) is 0 Å². The molecule has 0 radical (unpaired) electrons. The fraction of sp³-hybridized carbons (Fsp3) is 0.176. The first kappa shape index (κ1) is 25.6. The Labute approximate surface area is 232 Å². The fourth-order valence-electron chi connectivity index (χ4n) is 5.78. The monoisotopic (exact) mass is 531 g/mol. The molecule has 2 heterocycles. The van der Waals surface area contributed by atoms with Crippen LogP contribution in [0.4, 0.5) is 10.1 Å². The van der Waals surface area contributed by atoms with Gasteiger partial charge in [-0.25, -0.2) is 4.39 Å². The Balaban J connectivity index is 1.54. The third kappa shape index (κ3) is 4.56. The second-order valence-electron chi connectivity index (χ2n) is 10.7. The molecule has 0 fully saturated rings. The molecule has 2 atom stereocenters. The number of H-pyrrole nitrogens is 1. The number of halogens is 1. The van der Waals surface area contributed by atoms with Gasteiger partial charge in [0.15, 0.2) is 0 Å². The van der Waals surface area contributed by atoms with Crippen LogP contribution < -0.4 is 5.32 Å². The molecule has 1 aliphatic heterocycles. The molecule has 0 spiro atoms. The third-order valence-electron chi connectivity index (χ3n) is 7.53. The van der Waals surface area contributed by atoms with Gasteiger partial charge < -0.3 is 15.2 Å². The average Bonchev–Trinajstić information content (AvgIpc) is 3.48. The Morgan fingerprint density at radius 1 is 0.900 bits per heavy atom. The van der Waals surface area contributed by atoms with Gasteiger partial charge in [0.1, 0.15) is 11.9 Å². The second kappa shape index (κ2) is 10.5. The Morgan fingerprint density at radius 3 is 2.33 bits per heavy atom. The van der Waals surface area contributed by atoms with Crippen LogP contribution in [0.25, 0.3) is 22.2 Å². The van der Waals surface area contributed by atoms with E-state index in [4.69, 9.17) is 0 Å². The summed E-state index contributed by atoms with van der Waals surface area (Å²) >= 11 is 0.